The second-order valence-corrected chi connectivity index (χ2v) is 5.77. The largest absolute Gasteiger partial charge is 0.462 e. The Bertz CT molecular complexity index is 829. The molecule has 2 aromatic rings. The van der Waals surface area contributed by atoms with Crippen molar-refractivity contribution >= 4 is 34.9 Å². The molecule has 1 N–H and O–H groups in total. The van der Waals surface area contributed by atoms with Crippen LogP contribution in [0.4, 0.5) is 10.1 Å². The molecule has 142 valence electrons. The van der Waals surface area contributed by atoms with E-state index in [1.807, 2.05) is 0 Å². The fraction of sp³-hybridized carbons (Fsp3) is 0.200. The number of anilines is 1. The zero-order valence-corrected chi connectivity index (χ0v) is 15.7. The van der Waals surface area contributed by atoms with Crippen LogP contribution in [0.3, 0.4) is 0 Å². The van der Waals surface area contributed by atoms with E-state index in [4.69, 9.17) is 21.1 Å². The summed E-state index contributed by atoms with van der Waals surface area (Å²) in [6.07, 6.45) is 0. The minimum Gasteiger partial charge on any atom is -0.462 e. The van der Waals surface area contributed by atoms with E-state index < -0.39 is 17.8 Å². The van der Waals surface area contributed by atoms with Gasteiger partial charge in [0, 0.05) is 16.3 Å². The van der Waals surface area contributed by atoms with E-state index in [2.05, 4.69) is 5.32 Å². The molecule has 5 nitrogen and oxygen atoms in total. The summed E-state index contributed by atoms with van der Waals surface area (Å²) >= 11 is 6.07. The number of ether oxygens (including phenoxy) is 2. The standard InChI is InChI=1S/C20H19ClFNO4/c1-3-26-19(24)17(20(25)27-4-2)18(13-6-5-7-14(21)12-13)23-16-10-8-15(22)9-11-16/h5-12,23H,3-4H2,1-2H3. The molecule has 0 aliphatic carbocycles. The number of hydrogen-bond acceptors (Lipinski definition) is 5. The molecule has 0 saturated heterocycles. The highest BCUT2D eigenvalue weighted by Crippen LogP contribution is 2.26. The van der Waals surface area contributed by atoms with Gasteiger partial charge in [-0.2, -0.15) is 0 Å². The Hall–Kier alpha value is -2.86. The first kappa shape index (κ1) is 20.5. The quantitative estimate of drug-likeness (QED) is 0.327. The van der Waals surface area contributed by atoms with Gasteiger partial charge in [-0.1, -0.05) is 23.7 Å². The Morgan fingerprint density at radius 1 is 1.00 bits per heavy atom. The summed E-state index contributed by atoms with van der Waals surface area (Å²) in [6, 6.07) is 12.1. The van der Waals surface area contributed by atoms with Crippen molar-refractivity contribution in [3.8, 4) is 0 Å². The van der Waals surface area contributed by atoms with Crippen LogP contribution in [0.2, 0.25) is 5.02 Å². The number of esters is 2. The van der Waals surface area contributed by atoms with E-state index in [1.54, 1.807) is 38.1 Å². The van der Waals surface area contributed by atoms with Crippen molar-refractivity contribution in [1.29, 1.82) is 0 Å². The zero-order chi connectivity index (χ0) is 19.8. The normalized spacial score (nSPS) is 10.1. The molecule has 0 aromatic heterocycles. The fourth-order valence-electron chi connectivity index (χ4n) is 2.29. The van der Waals surface area contributed by atoms with Crippen LogP contribution in [-0.4, -0.2) is 25.2 Å². The molecule has 0 unspecified atom stereocenters. The SMILES string of the molecule is CCOC(=O)C(C(=O)OCC)=C(Nc1ccc(F)cc1)c1cccc(Cl)c1. The number of carbonyl (C=O) groups excluding carboxylic acids is 2. The van der Waals surface area contributed by atoms with Gasteiger partial charge in [0.05, 0.1) is 18.9 Å². The lowest BCUT2D eigenvalue weighted by molar-refractivity contribution is -0.146. The number of rotatable bonds is 7. The lowest BCUT2D eigenvalue weighted by atomic mass is 10.1. The lowest BCUT2D eigenvalue weighted by Gasteiger charge is -2.16. The minimum absolute atomic E-state index is 0.0844. The maximum atomic E-state index is 13.2. The molecule has 0 saturated carbocycles. The van der Waals surface area contributed by atoms with Gasteiger partial charge in [0.1, 0.15) is 5.82 Å². The molecule has 0 heterocycles. The molecule has 2 rings (SSSR count). The van der Waals surface area contributed by atoms with Crippen molar-refractivity contribution in [3.63, 3.8) is 0 Å². The van der Waals surface area contributed by atoms with E-state index >= 15 is 0 Å². The predicted octanol–water partition coefficient (Wildman–Crippen LogP) is 4.43. The molecule has 0 spiro atoms. The van der Waals surface area contributed by atoms with Gasteiger partial charge in [-0.3, -0.25) is 0 Å². The van der Waals surface area contributed by atoms with Crippen molar-refractivity contribution in [2.75, 3.05) is 18.5 Å². The van der Waals surface area contributed by atoms with Crippen LogP contribution >= 0.6 is 11.6 Å². The Balaban J connectivity index is 2.64. The maximum Gasteiger partial charge on any atom is 0.347 e. The smallest absolute Gasteiger partial charge is 0.347 e. The Labute approximate surface area is 161 Å². The molecular formula is C20H19ClFNO4. The Morgan fingerprint density at radius 2 is 1.59 bits per heavy atom. The summed E-state index contributed by atoms with van der Waals surface area (Å²) in [6.45, 7) is 3.43. The monoisotopic (exact) mass is 391 g/mol. The average Bonchev–Trinajstić information content (AvgIpc) is 2.63. The number of halogens is 2. The average molecular weight is 392 g/mol. The molecule has 0 radical (unpaired) electrons. The summed E-state index contributed by atoms with van der Waals surface area (Å²) in [5, 5.41) is 3.40. The molecule has 0 bridgehead atoms. The molecular weight excluding hydrogens is 373 g/mol. The van der Waals surface area contributed by atoms with Gasteiger partial charge in [0.2, 0.25) is 0 Å². The van der Waals surface area contributed by atoms with E-state index in [0.29, 0.717) is 16.3 Å². The van der Waals surface area contributed by atoms with Crippen LogP contribution < -0.4 is 5.32 Å². The number of nitrogens with one attached hydrogen (secondary N) is 1. The van der Waals surface area contributed by atoms with Gasteiger partial charge in [-0.05, 0) is 50.2 Å². The van der Waals surface area contributed by atoms with Gasteiger partial charge in [0.15, 0.2) is 5.57 Å². The second-order valence-electron chi connectivity index (χ2n) is 5.33. The van der Waals surface area contributed by atoms with Crippen LogP contribution in [-0.2, 0) is 19.1 Å². The van der Waals surface area contributed by atoms with Crippen molar-refractivity contribution in [2.24, 2.45) is 0 Å². The summed E-state index contributed by atoms with van der Waals surface area (Å²) in [4.78, 5) is 25.0. The molecule has 2 aromatic carbocycles. The van der Waals surface area contributed by atoms with Gasteiger partial charge >= 0.3 is 11.9 Å². The van der Waals surface area contributed by atoms with Crippen molar-refractivity contribution in [2.45, 2.75) is 13.8 Å². The summed E-state index contributed by atoms with van der Waals surface area (Å²) in [5.41, 5.74) is 0.798. The first-order valence-electron chi connectivity index (χ1n) is 8.33. The molecule has 0 aliphatic rings. The third-order valence-corrected chi connectivity index (χ3v) is 3.67. The van der Waals surface area contributed by atoms with E-state index in [9.17, 15) is 14.0 Å². The summed E-state index contributed by atoms with van der Waals surface area (Å²) in [7, 11) is 0. The second kappa shape index (κ2) is 9.73. The van der Waals surface area contributed by atoms with Gasteiger partial charge in [-0.25, -0.2) is 14.0 Å². The molecule has 0 fully saturated rings. The van der Waals surface area contributed by atoms with E-state index in [0.717, 1.165) is 0 Å². The van der Waals surface area contributed by atoms with Gasteiger partial charge in [0.25, 0.3) is 0 Å². The van der Waals surface area contributed by atoms with Crippen LogP contribution in [0, 0.1) is 5.82 Å². The molecule has 7 heteroatoms. The van der Waals surface area contributed by atoms with Crippen molar-refractivity contribution < 1.29 is 23.5 Å². The molecule has 0 amide bonds. The zero-order valence-electron chi connectivity index (χ0n) is 14.9. The fourth-order valence-corrected chi connectivity index (χ4v) is 2.48. The molecule has 0 aliphatic heterocycles. The van der Waals surface area contributed by atoms with Crippen LogP contribution in [0.25, 0.3) is 5.70 Å². The third kappa shape index (κ3) is 5.56. The molecule has 0 atom stereocenters. The third-order valence-electron chi connectivity index (χ3n) is 3.44. The van der Waals surface area contributed by atoms with Crippen LogP contribution in [0.15, 0.2) is 54.1 Å². The Morgan fingerprint density at radius 3 is 2.11 bits per heavy atom. The highest BCUT2D eigenvalue weighted by atomic mass is 35.5. The summed E-state index contributed by atoms with van der Waals surface area (Å²) in [5.74, 6) is -2.08. The lowest BCUT2D eigenvalue weighted by Crippen LogP contribution is -2.22. The number of benzene rings is 2. The van der Waals surface area contributed by atoms with E-state index in [1.165, 1.54) is 24.3 Å². The van der Waals surface area contributed by atoms with Crippen molar-refractivity contribution in [3.05, 3.63) is 70.5 Å². The first-order valence-corrected chi connectivity index (χ1v) is 8.71. The Kier molecular flexibility index (Phi) is 7.37. The first-order chi connectivity index (χ1) is 13.0. The predicted molar refractivity (Wildman–Crippen MR) is 102 cm³/mol. The minimum atomic E-state index is -0.833. The number of carbonyl (C=O) groups is 2. The van der Waals surface area contributed by atoms with Crippen LogP contribution in [0.5, 0.6) is 0 Å². The highest BCUT2D eigenvalue weighted by Gasteiger charge is 2.27. The summed E-state index contributed by atoms with van der Waals surface area (Å²) < 4.78 is 23.3. The van der Waals surface area contributed by atoms with E-state index in [-0.39, 0.29) is 24.5 Å². The van der Waals surface area contributed by atoms with Gasteiger partial charge < -0.3 is 14.8 Å². The van der Waals surface area contributed by atoms with Crippen LogP contribution in [0.1, 0.15) is 19.4 Å². The highest BCUT2D eigenvalue weighted by molar-refractivity contribution is 6.31. The van der Waals surface area contributed by atoms with Gasteiger partial charge in [-0.15, -0.1) is 0 Å². The topological polar surface area (TPSA) is 64.6 Å². The van der Waals surface area contributed by atoms with Crippen molar-refractivity contribution in [1.82, 2.24) is 0 Å². The maximum absolute atomic E-state index is 13.2. The number of hydrogen-bond donors (Lipinski definition) is 1. The molecule has 27 heavy (non-hydrogen) atoms.